The Bertz CT molecular complexity index is 846. The second-order valence-corrected chi connectivity index (χ2v) is 8.03. The molecule has 0 unspecified atom stereocenters. The molecule has 3 rings (SSSR count). The highest BCUT2D eigenvalue weighted by Gasteiger charge is 2.36. The molecule has 0 bridgehead atoms. The second-order valence-electron chi connectivity index (χ2n) is 7.04. The summed E-state index contributed by atoms with van der Waals surface area (Å²) in [7, 11) is 0. The number of anilines is 1. The van der Waals surface area contributed by atoms with Crippen LogP contribution in [0.4, 0.5) is 10.5 Å². The molecule has 2 aromatic carbocycles. The fourth-order valence-corrected chi connectivity index (χ4v) is 3.99. The van der Waals surface area contributed by atoms with Crippen molar-refractivity contribution in [1.29, 1.82) is 0 Å². The summed E-state index contributed by atoms with van der Waals surface area (Å²) in [5.74, 6) is 0.544. The molecule has 0 aliphatic carbocycles. The van der Waals surface area contributed by atoms with Crippen molar-refractivity contribution in [3.8, 4) is 5.75 Å². The fraction of sp³-hybridized carbons (Fsp3) is 0.333. The van der Waals surface area contributed by atoms with Crippen LogP contribution in [0.15, 0.2) is 59.5 Å². The molecule has 0 saturated carbocycles. The first-order valence-electron chi connectivity index (χ1n) is 10.2. The Kier molecular flexibility index (Phi) is 7.94. The number of ether oxygens (including phenoxy) is 1. The van der Waals surface area contributed by atoms with E-state index in [-0.39, 0.29) is 11.1 Å². The Morgan fingerprint density at radius 1 is 0.897 bits per heavy atom. The third-order valence-electron chi connectivity index (χ3n) is 4.75. The average Bonchev–Trinajstić information content (AvgIpc) is 3.02. The summed E-state index contributed by atoms with van der Waals surface area (Å²) < 4.78 is 5.80. The first kappa shape index (κ1) is 21.2. The van der Waals surface area contributed by atoms with Gasteiger partial charge in [0.15, 0.2) is 0 Å². The molecule has 5 heteroatoms. The predicted octanol–water partition coefficient (Wildman–Crippen LogP) is 6.67. The Morgan fingerprint density at radius 2 is 1.59 bits per heavy atom. The smallest absolute Gasteiger partial charge is 0.298 e. The lowest BCUT2D eigenvalue weighted by Gasteiger charge is -2.11. The van der Waals surface area contributed by atoms with E-state index in [0.29, 0.717) is 10.6 Å². The van der Waals surface area contributed by atoms with Gasteiger partial charge in [0.25, 0.3) is 11.1 Å². The number of amides is 2. The molecule has 0 aromatic heterocycles. The average molecular weight is 410 g/mol. The van der Waals surface area contributed by atoms with Gasteiger partial charge in [-0.15, -0.1) is 0 Å². The van der Waals surface area contributed by atoms with Crippen LogP contribution in [0.2, 0.25) is 0 Å². The van der Waals surface area contributed by atoms with Gasteiger partial charge in [0, 0.05) is 0 Å². The number of hydrogen-bond donors (Lipinski definition) is 0. The molecule has 2 aromatic rings. The molecular weight excluding hydrogens is 382 g/mol. The third kappa shape index (κ3) is 5.97. The highest BCUT2D eigenvalue weighted by molar-refractivity contribution is 8.19. The summed E-state index contributed by atoms with van der Waals surface area (Å²) in [6.45, 7) is 2.95. The first-order valence-corrected chi connectivity index (χ1v) is 11.1. The van der Waals surface area contributed by atoms with Crippen LogP contribution in [0.25, 0.3) is 6.08 Å². The van der Waals surface area contributed by atoms with Crippen LogP contribution in [0, 0.1) is 0 Å². The van der Waals surface area contributed by atoms with Crippen molar-refractivity contribution in [2.24, 2.45) is 0 Å². The summed E-state index contributed by atoms with van der Waals surface area (Å²) >= 11 is 0.968. The molecule has 0 N–H and O–H groups in total. The zero-order chi connectivity index (χ0) is 20.5. The van der Waals surface area contributed by atoms with Crippen molar-refractivity contribution < 1.29 is 14.3 Å². The summed E-state index contributed by atoms with van der Waals surface area (Å²) in [5.41, 5.74) is 1.47. The highest BCUT2D eigenvalue weighted by atomic mass is 32.2. The molecule has 29 heavy (non-hydrogen) atoms. The van der Waals surface area contributed by atoms with Gasteiger partial charge in [-0.3, -0.25) is 9.59 Å². The fourth-order valence-electron chi connectivity index (χ4n) is 3.15. The van der Waals surface area contributed by atoms with Gasteiger partial charge in [0.05, 0.1) is 17.2 Å². The molecule has 1 heterocycles. The minimum absolute atomic E-state index is 0.272. The van der Waals surface area contributed by atoms with Gasteiger partial charge in [-0.1, -0.05) is 69.4 Å². The van der Waals surface area contributed by atoms with E-state index in [1.54, 1.807) is 18.2 Å². The van der Waals surface area contributed by atoms with E-state index in [2.05, 4.69) is 6.92 Å². The van der Waals surface area contributed by atoms with Gasteiger partial charge < -0.3 is 4.74 Å². The number of imide groups is 1. The van der Waals surface area contributed by atoms with Crippen molar-refractivity contribution in [2.45, 2.75) is 45.4 Å². The molecule has 0 atom stereocenters. The number of nitrogens with zero attached hydrogens (tertiary/aromatic N) is 1. The predicted molar refractivity (Wildman–Crippen MR) is 120 cm³/mol. The number of thioether (sulfide) groups is 1. The monoisotopic (exact) mass is 409 g/mol. The molecular formula is C24H27NO3S. The van der Waals surface area contributed by atoms with Crippen LogP contribution in [-0.2, 0) is 4.79 Å². The van der Waals surface area contributed by atoms with Crippen molar-refractivity contribution in [3.63, 3.8) is 0 Å². The summed E-state index contributed by atoms with van der Waals surface area (Å²) in [6, 6.07) is 16.6. The molecule has 2 amide bonds. The van der Waals surface area contributed by atoms with E-state index in [9.17, 15) is 9.59 Å². The first-order chi connectivity index (χ1) is 14.2. The van der Waals surface area contributed by atoms with Gasteiger partial charge in [-0.25, -0.2) is 4.90 Å². The molecule has 152 valence electrons. The zero-order valence-electron chi connectivity index (χ0n) is 16.8. The van der Waals surface area contributed by atoms with Crippen LogP contribution in [0.5, 0.6) is 5.75 Å². The summed E-state index contributed by atoms with van der Waals surface area (Å²) in [5, 5.41) is -0.272. The van der Waals surface area contributed by atoms with Crippen molar-refractivity contribution >= 4 is 34.7 Å². The van der Waals surface area contributed by atoms with Crippen molar-refractivity contribution in [2.75, 3.05) is 11.5 Å². The van der Waals surface area contributed by atoms with Crippen LogP contribution in [0.1, 0.15) is 51.0 Å². The molecule has 0 spiro atoms. The van der Waals surface area contributed by atoms with Gasteiger partial charge in [-0.05, 0) is 54.1 Å². The van der Waals surface area contributed by atoms with E-state index in [4.69, 9.17) is 4.74 Å². The number of carbonyl (C=O) groups is 2. The van der Waals surface area contributed by atoms with Crippen LogP contribution in [0.3, 0.4) is 0 Å². The summed E-state index contributed by atoms with van der Waals surface area (Å²) in [6.07, 6.45) is 9.18. The molecule has 1 fully saturated rings. The normalized spacial score (nSPS) is 15.3. The third-order valence-corrected chi connectivity index (χ3v) is 5.62. The van der Waals surface area contributed by atoms with E-state index in [0.717, 1.165) is 36.1 Å². The van der Waals surface area contributed by atoms with Crippen molar-refractivity contribution in [3.05, 3.63) is 65.1 Å². The standard InChI is InChI=1S/C24H27NO3S/c1-2-3-4-5-6-10-17-28-21-15-13-19(14-16-21)18-22-23(26)25(24(27)29-22)20-11-8-7-9-12-20/h7-9,11-16,18H,2-6,10,17H2,1H3/b22-18-. The Balaban J connectivity index is 1.53. The summed E-state index contributed by atoms with van der Waals surface area (Å²) in [4.78, 5) is 26.6. The van der Waals surface area contributed by atoms with E-state index in [1.165, 1.54) is 37.0 Å². The Hall–Kier alpha value is -2.53. The number of hydrogen-bond acceptors (Lipinski definition) is 4. The molecule has 1 aliphatic rings. The lowest BCUT2D eigenvalue weighted by atomic mass is 10.1. The highest BCUT2D eigenvalue weighted by Crippen LogP contribution is 2.35. The van der Waals surface area contributed by atoms with Gasteiger partial charge in [-0.2, -0.15) is 0 Å². The van der Waals surface area contributed by atoms with Crippen LogP contribution < -0.4 is 9.64 Å². The van der Waals surface area contributed by atoms with Crippen molar-refractivity contribution in [1.82, 2.24) is 0 Å². The number of rotatable bonds is 10. The van der Waals surface area contributed by atoms with E-state index >= 15 is 0 Å². The van der Waals surface area contributed by atoms with E-state index in [1.807, 2.05) is 42.5 Å². The number of carbonyl (C=O) groups excluding carboxylic acids is 2. The van der Waals surface area contributed by atoms with Gasteiger partial charge in [0.1, 0.15) is 5.75 Å². The van der Waals surface area contributed by atoms with Crippen LogP contribution in [-0.4, -0.2) is 17.8 Å². The van der Waals surface area contributed by atoms with E-state index < -0.39 is 0 Å². The molecule has 1 aliphatic heterocycles. The maximum Gasteiger partial charge on any atom is 0.298 e. The van der Waals surface area contributed by atoms with Gasteiger partial charge >= 0.3 is 0 Å². The molecule has 0 radical (unpaired) electrons. The lowest BCUT2D eigenvalue weighted by Crippen LogP contribution is -2.27. The molecule has 4 nitrogen and oxygen atoms in total. The quantitative estimate of drug-likeness (QED) is 0.325. The number of para-hydroxylation sites is 1. The van der Waals surface area contributed by atoms with Gasteiger partial charge in [0.2, 0.25) is 0 Å². The maximum absolute atomic E-state index is 12.6. The zero-order valence-corrected chi connectivity index (χ0v) is 17.6. The van der Waals surface area contributed by atoms with Crippen LogP contribution >= 0.6 is 11.8 Å². The molecule has 1 saturated heterocycles. The topological polar surface area (TPSA) is 46.6 Å². The number of benzene rings is 2. The lowest BCUT2D eigenvalue weighted by molar-refractivity contribution is -0.113. The largest absolute Gasteiger partial charge is 0.494 e. The Morgan fingerprint density at radius 3 is 2.31 bits per heavy atom. The SMILES string of the molecule is CCCCCCCCOc1ccc(/C=C2\SC(=O)N(c3ccccc3)C2=O)cc1. The minimum atomic E-state index is -0.283. The minimum Gasteiger partial charge on any atom is -0.494 e. The Labute approximate surface area is 176 Å². The second kappa shape index (κ2) is 10.9. The number of unbranched alkanes of at least 4 members (excludes halogenated alkanes) is 5. The maximum atomic E-state index is 12.6.